The first-order valence-corrected chi connectivity index (χ1v) is 5.18. The first kappa shape index (κ1) is 9.97. The van der Waals surface area contributed by atoms with Gasteiger partial charge in [0, 0.05) is 16.9 Å². The van der Waals surface area contributed by atoms with Gasteiger partial charge >= 0.3 is 0 Å². The molecular formula is C9H10BrN5. The third kappa shape index (κ3) is 2.47. The molecular weight excluding hydrogens is 258 g/mol. The van der Waals surface area contributed by atoms with Gasteiger partial charge in [-0.3, -0.25) is 5.10 Å². The number of aromatic amines is 1. The predicted molar refractivity (Wildman–Crippen MR) is 62.3 cm³/mol. The lowest BCUT2D eigenvalue weighted by Crippen LogP contribution is -2.04. The highest BCUT2D eigenvalue weighted by Crippen LogP contribution is 2.19. The summed E-state index contributed by atoms with van der Waals surface area (Å²) in [4.78, 5) is 4.16. The predicted octanol–water partition coefficient (Wildman–Crippen LogP) is 1.76. The molecule has 0 aromatic carbocycles. The van der Waals surface area contributed by atoms with Crippen molar-refractivity contribution in [3.8, 4) is 0 Å². The summed E-state index contributed by atoms with van der Waals surface area (Å²) in [5, 5.41) is 9.81. The number of halogens is 1. The average molecular weight is 268 g/mol. The van der Waals surface area contributed by atoms with Crippen molar-refractivity contribution in [2.45, 2.75) is 6.54 Å². The summed E-state index contributed by atoms with van der Waals surface area (Å²) < 4.78 is 0.868. The summed E-state index contributed by atoms with van der Waals surface area (Å²) in [7, 11) is 0. The third-order valence-corrected chi connectivity index (χ3v) is 2.32. The number of nitrogens with zero attached hydrogens (tertiary/aromatic N) is 2. The third-order valence-electron chi connectivity index (χ3n) is 1.89. The highest BCUT2D eigenvalue weighted by atomic mass is 79.9. The second-order valence-electron chi connectivity index (χ2n) is 3.03. The maximum atomic E-state index is 5.78. The lowest BCUT2D eigenvalue weighted by Gasteiger charge is -2.06. The Labute approximate surface area is 95.2 Å². The zero-order chi connectivity index (χ0) is 10.7. The summed E-state index contributed by atoms with van der Waals surface area (Å²) in [5.74, 6) is 0.674. The number of nitrogens with two attached hydrogens (primary N) is 1. The molecule has 0 fully saturated rings. The lowest BCUT2D eigenvalue weighted by molar-refractivity contribution is 0.975. The number of nitrogens with one attached hydrogen (secondary N) is 2. The van der Waals surface area contributed by atoms with Crippen LogP contribution >= 0.6 is 15.9 Å². The van der Waals surface area contributed by atoms with Crippen LogP contribution in [0.25, 0.3) is 0 Å². The van der Waals surface area contributed by atoms with Crippen LogP contribution in [0.5, 0.6) is 0 Å². The molecule has 0 saturated carbocycles. The first-order valence-electron chi connectivity index (χ1n) is 4.39. The van der Waals surface area contributed by atoms with E-state index in [9.17, 15) is 0 Å². The Kier molecular flexibility index (Phi) is 2.86. The zero-order valence-corrected chi connectivity index (χ0v) is 9.45. The van der Waals surface area contributed by atoms with E-state index in [1.54, 1.807) is 12.4 Å². The molecule has 2 rings (SSSR count). The van der Waals surface area contributed by atoms with Crippen LogP contribution in [0.3, 0.4) is 0 Å². The van der Waals surface area contributed by atoms with Crippen LogP contribution in [-0.4, -0.2) is 15.2 Å². The largest absolute Gasteiger partial charge is 0.396 e. The van der Waals surface area contributed by atoms with Gasteiger partial charge in [-0.2, -0.15) is 5.10 Å². The Morgan fingerprint density at radius 3 is 3.07 bits per heavy atom. The fraction of sp³-hybridized carbons (Fsp3) is 0.111. The molecule has 0 bridgehead atoms. The smallest absolute Gasteiger partial charge is 0.149 e. The van der Waals surface area contributed by atoms with Gasteiger partial charge in [-0.15, -0.1) is 0 Å². The van der Waals surface area contributed by atoms with Gasteiger partial charge in [-0.1, -0.05) is 0 Å². The van der Waals surface area contributed by atoms with Crippen molar-refractivity contribution in [3.05, 3.63) is 34.7 Å². The summed E-state index contributed by atoms with van der Waals surface area (Å²) >= 11 is 3.30. The standard InChI is InChI=1S/C9H10BrN5/c10-6-3-8(11)9(12-4-6)13-5-7-1-2-14-15-7/h1-4H,5,11H2,(H,12,13)(H,14,15). The van der Waals surface area contributed by atoms with Crippen LogP contribution in [0.4, 0.5) is 11.5 Å². The number of hydrogen-bond donors (Lipinski definition) is 3. The minimum atomic E-state index is 0.615. The van der Waals surface area contributed by atoms with Gasteiger partial charge in [-0.05, 0) is 28.1 Å². The molecule has 15 heavy (non-hydrogen) atoms. The van der Waals surface area contributed by atoms with E-state index in [0.29, 0.717) is 18.1 Å². The Morgan fingerprint density at radius 1 is 1.53 bits per heavy atom. The van der Waals surface area contributed by atoms with Crippen molar-refractivity contribution in [3.63, 3.8) is 0 Å². The van der Waals surface area contributed by atoms with E-state index < -0.39 is 0 Å². The van der Waals surface area contributed by atoms with Crippen LogP contribution in [0.15, 0.2) is 29.0 Å². The number of rotatable bonds is 3. The molecule has 0 aliphatic heterocycles. The van der Waals surface area contributed by atoms with Crippen LogP contribution in [0.2, 0.25) is 0 Å². The quantitative estimate of drug-likeness (QED) is 0.792. The molecule has 2 aromatic rings. The molecule has 0 radical (unpaired) electrons. The van der Waals surface area contributed by atoms with Gasteiger partial charge in [-0.25, -0.2) is 4.98 Å². The van der Waals surface area contributed by atoms with Gasteiger partial charge in [0.2, 0.25) is 0 Å². The number of anilines is 2. The van der Waals surface area contributed by atoms with E-state index >= 15 is 0 Å². The molecule has 2 aromatic heterocycles. The van der Waals surface area contributed by atoms with Crippen LogP contribution < -0.4 is 11.1 Å². The van der Waals surface area contributed by atoms with E-state index in [-0.39, 0.29) is 0 Å². The number of nitrogen functional groups attached to an aromatic ring is 1. The van der Waals surface area contributed by atoms with Crippen molar-refractivity contribution >= 4 is 27.4 Å². The van der Waals surface area contributed by atoms with E-state index in [4.69, 9.17) is 5.73 Å². The second kappa shape index (κ2) is 4.31. The van der Waals surface area contributed by atoms with Crippen molar-refractivity contribution in [2.75, 3.05) is 11.1 Å². The van der Waals surface area contributed by atoms with E-state index in [2.05, 4.69) is 36.4 Å². The molecule has 78 valence electrons. The summed E-state index contributed by atoms with van der Waals surface area (Å²) in [5.41, 5.74) is 7.38. The van der Waals surface area contributed by atoms with E-state index in [1.807, 2.05) is 12.1 Å². The zero-order valence-electron chi connectivity index (χ0n) is 7.87. The maximum absolute atomic E-state index is 5.78. The topological polar surface area (TPSA) is 79.6 Å². The Hall–Kier alpha value is -1.56. The van der Waals surface area contributed by atoms with Crippen molar-refractivity contribution in [1.29, 1.82) is 0 Å². The van der Waals surface area contributed by atoms with Crippen molar-refractivity contribution in [2.24, 2.45) is 0 Å². The molecule has 6 heteroatoms. The minimum Gasteiger partial charge on any atom is -0.396 e. The van der Waals surface area contributed by atoms with Gasteiger partial charge in [0.25, 0.3) is 0 Å². The maximum Gasteiger partial charge on any atom is 0.149 e. The Balaban J connectivity index is 2.05. The summed E-state index contributed by atoms with van der Waals surface area (Å²) in [6.45, 7) is 0.624. The second-order valence-corrected chi connectivity index (χ2v) is 3.94. The minimum absolute atomic E-state index is 0.615. The monoisotopic (exact) mass is 267 g/mol. The highest BCUT2D eigenvalue weighted by molar-refractivity contribution is 9.10. The molecule has 0 aliphatic carbocycles. The molecule has 0 amide bonds. The molecule has 0 unspecified atom stereocenters. The molecule has 0 saturated heterocycles. The van der Waals surface area contributed by atoms with Gasteiger partial charge in [0.1, 0.15) is 5.82 Å². The molecule has 0 spiro atoms. The molecule has 4 N–H and O–H groups in total. The van der Waals surface area contributed by atoms with Crippen LogP contribution in [0, 0.1) is 0 Å². The molecule has 2 heterocycles. The SMILES string of the molecule is Nc1cc(Br)cnc1NCc1ccn[nH]1. The highest BCUT2D eigenvalue weighted by Gasteiger charge is 2.01. The fourth-order valence-electron chi connectivity index (χ4n) is 1.16. The van der Waals surface area contributed by atoms with Gasteiger partial charge in [0.15, 0.2) is 0 Å². The Morgan fingerprint density at radius 2 is 2.40 bits per heavy atom. The normalized spacial score (nSPS) is 10.2. The summed E-state index contributed by atoms with van der Waals surface area (Å²) in [6.07, 6.45) is 3.40. The number of aromatic nitrogens is 3. The van der Waals surface area contributed by atoms with Crippen molar-refractivity contribution < 1.29 is 0 Å². The van der Waals surface area contributed by atoms with E-state index in [1.165, 1.54) is 0 Å². The van der Waals surface area contributed by atoms with Gasteiger partial charge in [0.05, 0.1) is 17.9 Å². The molecule has 0 aliphatic rings. The molecule has 5 nitrogen and oxygen atoms in total. The van der Waals surface area contributed by atoms with Crippen molar-refractivity contribution in [1.82, 2.24) is 15.2 Å². The average Bonchev–Trinajstić information content (AvgIpc) is 2.69. The summed E-state index contributed by atoms with van der Waals surface area (Å²) in [6, 6.07) is 3.70. The fourth-order valence-corrected chi connectivity index (χ4v) is 1.51. The van der Waals surface area contributed by atoms with Gasteiger partial charge < -0.3 is 11.1 Å². The van der Waals surface area contributed by atoms with Crippen LogP contribution in [-0.2, 0) is 6.54 Å². The molecule has 0 atom stereocenters. The number of hydrogen-bond acceptors (Lipinski definition) is 4. The van der Waals surface area contributed by atoms with Crippen LogP contribution in [0.1, 0.15) is 5.69 Å². The number of pyridine rings is 1. The number of H-pyrrole nitrogens is 1. The lowest BCUT2D eigenvalue weighted by atomic mass is 10.3. The Bertz CT molecular complexity index is 440. The first-order chi connectivity index (χ1) is 7.25. The van der Waals surface area contributed by atoms with E-state index in [0.717, 1.165) is 10.2 Å².